The number of carbonyl (C=O) groups is 2. The molecule has 0 aromatic rings. The SMILES string of the molecule is COC1CNC(C(=O)N[C@@H](CCSC)C(=O)O)C1. The highest BCUT2D eigenvalue weighted by Gasteiger charge is 2.31. The van der Waals surface area contributed by atoms with Crippen molar-refractivity contribution in [2.75, 3.05) is 25.7 Å². The van der Waals surface area contributed by atoms with Gasteiger partial charge in [0.1, 0.15) is 6.04 Å². The zero-order chi connectivity index (χ0) is 13.5. The van der Waals surface area contributed by atoms with Crippen LogP contribution in [-0.4, -0.2) is 60.8 Å². The molecule has 6 nitrogen and oxygen atoms in total. The minimum Gasteiger partial charge on any atom is -0.480 e. The number of carboxylic acids is 1. The molecule has 0 aromatic carbocycles. The largest absolute Gasteiger partial charge is 0.480 e. The predicted octanol–water partition coefficient (Wildman–Crippen LogP) is -0.314. The Morgan fingerprint density at radius 2 is 2.33 bits per heavy atom. The number of hydrogen-bond acceptors (Lipinski definition) is 5. The predicted molar refractivity (Wildman–Crippen MR) is 69.8 cm³/mol. The van der Waals surface area contributed by atoms with E-state index in [1.165, 1.54) is 0 Å². The summed E-state index contributed by atoms with van der Waals surface area (Å²) in [6.45, 7) is 0.622. The van der Waals surface area contributed by atoms with E-state index in [1.807, 2.05) is 6.26 Å². The third-order valence-corrected chi connectivity index (χ3v) is 3.61. The van der Waals surface area contributed by atoms with Gasteiger partial charge in [-0.1, -0.05) is 0 Å². The van der Waals surface area contributed by atoms with E-state index < -0.39 is 12.0 Å². The number of carboxylic acid groups (broad SMARTS) is 1. The summed E-state index contributed by atoms with van der Waals surface area (Å²) in [6.07, 6.45) is 2.94. The first-order valence-corrected chi connectivity index (χ1v) is 7.26. The van der Waals surface area contributed by atoms with Crippen molar-refractivity contribution in [1.29, 1.82) is 0 Å². The van der Waals surface area contributed by atoms with E-state index in [9.17, 15) is 9.59 Å². The van der Waals surface area contributed by atoms with Crippen molar-refractivity contribution < 1.29 is 19.4 Å². The van der Waals surface area contributed by atoms with Crippen molar-refractivity contribution in [1.82, 2.24) is 10.6 Å². The fourth-order valence-corrected chi connectivity index (χ4v) is 2.32. The van der Waals surface area contributed by atoms with Gasteiger partial charge >= 0.3 is 5.97 Å². The van der Waals surface area contributed by atoms with Crippen LogP contribution < -0.4 is 10.6 Å². The summed E-state index contributed by atoms with van der Waals surface area (Å²) in [5.74, 6) is -0.544. The van der Waals surface area contributed by atoms with Crippen LogP contribution in [0.25, 0.3) is 0 Å². The highest BCUT2D eigenvalue weighted by atomic mass is 32.2. The van der Waals surface area contributed by atoms with Gasteiger partial charge in [0.05, 0.1) is 12.1 Å². The van der Waals surface area contributed by atoms with E-state index >= 15 is 0 Å². The van der Waals surface area contributed by atoms with Gasteiger partial charge in [-0.2, -0.15) is 11.8 Å². The number of methoxy groups -OCH3 is 1. The van der Waals surface area contributed by atoms with E-state index in [2.05, 4.69) is 10.6 Å². The third-order valence-electron chi connectivity index (χ3n) is 2.97. The Morgan fingerprint density at radius 1 is 1.61 bits per heavy atom. The van der Waals surface area contributed by atoms with Crippen LogP contribution in [0.3, 0.4) is 0 Å². The molecule has 0 aromatic heterocycles. The topological polar surface area (TPSA) is 87.7 Å². The summed E-state index contributed by atoms with van der Waals surface area (Å²) >= 11 is 1.56. The van der Waals surface area contributed by atoms with Crippen LogP contribution in [0.5, 0.6) is 0 Å². The molecule has 7 heteroatoms. The van der Waals surface area contributed by atoms with Gasteiger partial charge in [0.15, 0.2) is 0 Å². The molecule has 0 saturated carbocycles. The molecular formula is C11H20N2O4S. The number of nitrogens with one attached hydrogen (secondary N) is 2. The highest BCUT2D eigenvalue weighted by Crippen LogP contribution is 2.10. The molecule has 1 heterocycles. The van der Waals surface area contributed by atoms with Crippen molar-refractivity contribution in [2.45, 2.75) is 31.0 Å². The summed E-state index contributed by atoms with van der Waals surface area (Å²) in [5, 5.41) is 14.6. The third kappa shape index (κ3) is 4.47. The van der Waals surface area contributed by atoms with Gasteiger partial charge in [-0.15, -0.1) is 0 Å². The van der Waals surface area contributed by atoms with Crippen LogP contribution in [0, 0.1) is 0 Å². The number of carbonyl (C=O) groups excluding carboxylic acids is 1. The molecule has 0 bridgehead atoms. The molecule has 0 aliphatic carbocycles. The van der Waals surface area contributed by atoms with Gasteiger partial charge in [-0.25, -0.2) is 4.79 Å². The summed E-state index contributed by atoms with van der Waals surface area (Å²) in [7, 11) is 1.60. The highest BCUT2D eigenvalue weighted by molar-refractivity contribution is 7.98. The van der Waals surface area contributed by atoms with E-state index in [0.29, 0.717) is 25.1 Å². The monoisotopic (exact) mass is 276 g/mol. The van der Waals surface area contributed by atoms with Crippen molar-refractivity contribution in [3.8, 4) is 0 Å². The standard InChI is InChI=1S/C11H20N2O4S/c1-17-7-5-9(12-6-7)10(14)13-8(11(15)16)3-4-18-2/h7-9,12H,3-6H2,1-2H3,(H,13,14)(H,15,16)/t7?,8-,9?/m0/s1. The van der Waals surface area contributed by atoms with Crippen molar-refractivity contribution in [2.24, 2.45) is 0 Å². The molecule has 3 atom stereocenters. The van der Waals surface area contributed by atoms with Crippen LogP contribution in [0.2, 0.25) is 0 Å². The molecule has 18 heavy (non-hydrogen) atoms. The first-order valence-electron chi connectivity index (χ1n) is 5.86. The first-order chi connectivity index (χ1) is 8.58. The maximum atomic E-state index is 11.9. The molecule has 1 aliphatic heterocycles. The number of hydrogen-bond donors (Lipinski definition) is 3. The van der Waals surface area contributed by atoms with Crippen LogP contribution >= 0.6 is 11.8 Å². The van der Waals surface area contributed by atoms with E-state index in [0.717, 1.165) is 0 Å². The van der Waals surface area contributed by atoms with E-state index in [4.69, 9.17) is 9.84 Å². The van der Waals surface area contributed by atoms with Gasteiger partial charge in [0.2, 0.25) is 5.91 Å². The fourth-order valence-electron chi connectivity index (χ4n) is 1.85. The van der Waals surface area contributed by atoms with Gasteiger partial charge < -0.3 is 20.5 Å². The fraction of sp³-hybridized carbons (Fsp3) is 0.818. The van der Waals surface area contributed by atoms with Crippen LogP contribution in [-0.2, 0) is 14.3 Å². The average molecular weight is 276 g/mol. The van der Waals surface area contributed by atoms with Crippen LogP contribution in [0.4, 0.5) is 0 Å². The molecule has 1 fully saturated rings. The smallest absolute Gasteiger partial charge is 0.326 e. The molecule has 0 radical (unpaired) electrons. The van der Waals surface area contributed by atoms with Gasteiger partial charge in [-0.05, 0) is 24.9 Å². The maximum Gasteiger partial charge on any atom is 0.326 e. The molecule has 2 unspecified atom stereocenters. The number of amides is 1. The minimum atomic E-state index is -0.987. The Kier molecular flexibility index (Phi) is 6.45. The van der Waals surface area contributed by atoms with Crippen LogP contribution in [0.15, 0.2) is 0 Å². The van der Waals surface area contributed by atoms with Crippen molar-refractivity contribution in [3.05, 3.63) is 0 Å². The second-order valence-electron chi connectivity index (χ2n) is 4.24. The van der Waals surface area contributed by atoms with E-state index in [-0.39, 0.29) is 18.1 Å². The van der Waals surface area contributed by atoms with Gasteiger partial charge in [-0.3, -0.25) is 4.79 Å². The second-order valence-corrected chi connectivity index (χ2v) is 5.22. The number of thioether (sulfide) groups is 1. The molecule has 3 N–H and O–H groups in total. The lowest BCUT2D eigenvalue weighted by molar-refractivity contribution is -0.142. The van der Waals surface area contributed by atoms with Crippen molar-refractivity contribution in [3.63, 3.8) is 0 Å². The quantitative estimate of drug-likeness (QED) is 0.591. The average Bonchev–Trinajstić information content (AvgIpc) is 2.82. The minimum absolute atomic E-state index is 0.0234. The lowest BCUT2D eigenvalue weighted by Gasteiger charge is -2.17. The zero-order valence-corrected chi connectivity index (χ0v) is 11.5. The summed E-state index contributed by atoms with van der Waals surface area (Å²) in [6, 6.07) is -1.17. The van der Waals surface area contributed by atoms with E-state index in [1.54, 1.807) is 18.9 Å². The summed E-state index contributed by atoms with van der Waals surface area (Å²) < 4.78 is 5.15. The lowest BCUT2D eigenvalue weighted by Crippen LogP contribution is -2.48. The Balaban J connectivity index is 2.43. The zero-order valence-electron chi connectivity index (χ0n) is 10.6. The summed E-state index contributed by atoms with van der Waals surface area (Å²) in [4.78, 5) is 22.9. The molecule has 104 valence electrons. The van der Waals surface area contributed by atoms with Crippen molar-refractivity contribution >= 4 is 23.6 Å². The maximum absolute atomic E-state index is 11.9. The molecule has 1 amide bonds. The molecule has 0 spiro atoms. The number of rotatable bonds is 7. The Labute approximate surface area is 111 Å². The number of ether oxygens (including phenoxy) is 1. The molecule has 1 saturated heterocycles. The number of aliphatic carboxylic acids is 1. The molecule has 1 aliphatic rings. The molecular weight excluding hydrogens is 256 g/mol. The first kappa shape index (κ1) is 15.3. The Bertz CT molecular complexity index is 301. The molecule has 1 rings (SSSR count). The lowest BCUT2D eigenvalue weighted by atomic mass is 10.1. The normalized spacial score (nSPS) is 24.8. The Hall–Kier alpha value is -0.790. The summed E-state index contributed by atoms with van der Waals surface area (Å²) in [5.41, 5.74) is 0. The Morgan fingerprint density at radius 3 is 2.83 bits per heavy atom. The van der Waals surface area contributed by atoms with Gasteiger partial charge in [0, 0.05) is 13.7 Å². The second kappa shape index (κ2) is 7.60. The van der Waals surface area contributed by atoms with Gasteiger partial charge in [0.25, 0.3) is 0 Å². The van der Waals surface area contributed by atoms with Crippen LogP contribution in [0.1, 0.15) is 12.8 Å².